The molecular formula is C15H19ClN2OS2. The Morgan fingerprint density at radius 2 is 2.33 bits per heavy atom. The molecule has 3 heterocycles. The number of aromatic nitrogens is 2. The highest BCUT2D eigenvalue weighted by molar-refractivity contribution is 7.98. The number of nitrogens with zero attached hydrogens (tertiary/aromatic N) is 2. The van der Waals surface area contributed by atoms with Crippen LogP contribution in [0.5, 0.6) is 0 Å². The van der Waals surface area contributed by atoms with E-state index in [0.717, 1.165) is 35.0 Å². The Hall–Kier alpha value is -0.490. The van der Waals surface area contributed by atoms with Gasteiger partial charge >= 0.3 is 0 Å². The lowest BCUT2D eigenvalue weighted by Gasteiger charge is -2.10. The number of aliphatic hydroxyl groups is 1. The number of aryl methyl sites for hydroxylation is 3. The van der Waals surface area contributed by atoms with Gasteiger partial charge in [0.25, 0.3) is 0 Å². The third-order valence-electron chi connectivity index (χ3n) is 3.81. The van der Waals surface area contributed by atoms with Crippen molar-refractivity contribution in [2.45, 2.75) is 45.1 Å². The number of hydrogen-bond donors (Lipinski definition) is 1. The number of halogens is 1. The molecule has 21 heavy (non-hydrogen) atoms. The quantitative estimate of drug-likeness (QED) is 0.912. The van der Waals surface area contributed by atoms with Crippen molar-refractivity contribution in [2.24, 2.45) is 0 Å². The summed E-state index contributed by atoms with van der Waals surface area (Å²) in [7, 11) is 0. The first-order valence-electron chi connectivity index (χ1n) is 7.19. The highest BCUT2D eigenvalue weighted by Crippen LogP contribution is 2.36. The first-order valence-corrected chi connectivity index (χ1v) is 9.54. The third-order valence-corrected chi connectivity index (χ3v) is 6.65. The average molecular weight is 343 g/mol. The van der Waals surface area contributed by atoms with E-state index in [0.29, 0.717) is 11.4 Å². The second-order valence-electron chi connectivity index (χ2n) is 5.28. The van der Waals surface area contributed by atoms with Gasteiger partial charge in [0, 0.05) is 28.5 Å². The van der Waals surface area contributed by atoms with Crippen LogP contribution < -0.4 is 0 Å². The van der Waals surface area contributed by atoms with E-state index in [1.54, 1.807) is 11.3 Å². The first-order chi connectivity index (χ1) is 10.1. The van der Waals surface area contributed by atoms with Gasteiger partial charge in [-0.05, 0) is 37.7 Å². The maximum Gasteiger partial charge on any atom is 0.0937 e. The lowest BCUT2D eigenvalue weighted by Crippen LogP contribution is -2.08. The summed E-state index contributed by atoms with van der Waals surface area (Å²) in [6.45, 7) is 4.72. The molecule has 0 radical (unpaired) electrons. The van der Waals surface area contributed by atoms with Crippen molar-refractivity contribution in [3.63, 3.8) is 0 Å². The number of fused-ring (bicyclic) bond motifs is 1. The molecule has 0 aliphatic carbocycles. The molecule has 2 aromatic heterocycles. The van der Waals surface area contributed by atoms with Crippen LogP contribution in [0.25, 0.3) is 0 Å². The molecular weight excluding hydrogens is 324 g/mol. The van der Waals surface area contributed by atoms with Gasteiger partial charge in [-0.2, -0.15) is 16.9 Å². The molecule has 0 bridgehead atoms. The van der Waals surface area contributed by atoms with Gasteiger partial charge < -0.3 is 5.11 Å². The summed E-state index contributed by atoms with van der Waals surface area (Å²) in [6, 6.07) is 2.17. The van der Waals surface area contributed by atoms with Crippen molar-refractivity contribution in [3.8, 4) is 0 Å². The van der Waals surface area contributed by atoms with Crippen molar-refractivity contribution < 1.29 is 5.11 Å². The molecule has 114 valence electrons. The van der Waals surface area contributed by atoms with E-state index in [1.165, 1.54) is 16.2 Å². The zero-order chi connectivity index (χ0) is 15.0. The normalized spacial score (nSPS) is 16.0. The molecule has 1 unspecified atom stereocenters. The number of hydrogen-bond acceptors (Lipinski definition) is 4. The van der Waals surface area contributed by atoms with Gasteiger partial charge in [0.2, 0.25) is 0 Å². The molecule has 1 N–H and O–H groups in total. The smallest absolute Gasteiger partial charge is 0.0937 e. The summed E-state index contributed by atoms with van der Waals surface area (Å²) in [5.74, 6) is 2.27. The van der Waals surface area contributed by atoms with Crippen molar-refractivity contribution in [1.29, 1.82) is 0 Å². The summed E-state index contributed by atoms with van der Waals surface area (Å²) in [5.41, 5.74) is 3.17. The molecule has 0 amide bonds. The van der Waals surface area contributed by atoms with E-state index < -0.39 is 6.10 Å². The van der Waals surface area contributed by atoms with Gasteiger partial charge in [-0.25, -0.2) is 0 Å². The molecule has 0 saturated carbocycles. The van der Waals surface area contributed by atoms with Crippen LogP contribution in [0, 0.1) is 6.92 Å². The summed E-state index contributed by atoms with van der Waals surface area (Å²) in [6.07, 6.45) is 1.16. The van der Waals surface area contributed by atoms with Crippen LogP contribution in [0.3, 0.4) is 0 Å². The van der Waals surface area contributed by atoms with Crippen LogP contribution >= 0.6 is 34.7 Å². The predicted molar refractivity (Wildman–Crippen MR) is 90.5 cm³/mol. The number of thiophene rings is 1. The molecule has 0 aromatic carbocycles. The van der Waals surface area contributed by atoms with E-state index in [-0.39, 0.29) is 0 Å². The van der Waals surface area contributed by atoms with Gasteiger partial charge in [-0.1, -0.05) is 11.6 Å². The van der Waals surface area contributed by atoms with Gasteiger partial charge in [0.1, 0.15) is 0 Å². The molecule has 3 rings (SSSR count). The van der Waals surface area contributed by atoms with E-state index in [1.807, 2.05) is 30.3 Å². The molecule has 2 aromatic rings. The average Bonchev–Trinajstić information content (AvgIpc) is 3.03. The molecule has 3 nitrogen and oxygen atoms in total. The minimum Gasteiger partial charge on any atom is -0.387 e. The van der Waals surface area contributed by atoms with Crippen LogP contribution in [-0.4, -0.2) is 20.6 Å². The molecule has 0 fully saturated rings. The van der Waals surface area contributed by atoms with Gasteiger partial charge in [0.15, 0.2) is 0 Å². The Labute approximate surface area is 138 Å². The predicted octanol–water partition coefficient (Wildman–Crippen LogP) is 3.99. The second kappa shape index (κ2) is 6.32. The summed E-state index contributed by atoms with van der Waals surface area (Å²) in [4.78, 5) is 2.49. The summed E-state index contributed by atoms with van der Waals surface area (Å²) < 4.78 is 1.89. The van der Waals surface area contributed by atoms with Gasteiger partial charge in [0.05, 0.1) is 22.5 Å². The van der Waals surface area contributed by atoms with Crippen molar-refractivity contribution in [2.75, 3.05) is 5.75 Å². The second-order valence-corrected chi connectivity index (χ2v) is 7.93. The fraction of sp³-hybridized carbons (Fsp3) is 0.533. The largest absolute Gasteiger partial charge is 0.387 e. The van der Waals surface area contributed by atoms with E-state index in [9.17, 15) is 5.11 Å². The topological polar surface area (TPSA) is 38.0 Å². The van der Waals surface area contributed by atoms with Crippen LogP contribution in [0.1, 0.15) is 39.7 Å². The molecule has 1 atom stereocenters. The van der Waals surface area contributed by atoms with Crippen molar-refractivity contribution in [1.82, 2.24) is 9.78 Å². The zero-order valence-electron chi connectivity index (χ0n) is 12.2. The van der Waals surface area contributed by atoms with Crippen molar-refractivity contribution in [3.05, 3.63) is 37.8 Å². The Bertz CT molecular complexity index is 627. The highest BCUT2D eigenvalue weighted by Gasteiger charge is 2.21. The van der Waals surface area contributed by atoms with Crippen LogP contribution in [0.4, 0.5) is 0 Å². The SMILES string of the molecule is CCn1nc(C)c(Cl)c1CC(O)c1cc2c(s1)CCSC2. The molecule has 6 heteroatoms. The Kier molecular flexibility index (Phi) is 4.64. The minimum absolute atomic E-state index is 0.496. The van der Waals surface area contributed by atoms with E-state index in [2.05, 4.69) is 11.2 Å². The molecule has 0 saturated heterocycles. The number of thioether (sulfide) groups is 1. The monoisotopic (exact) mass is 342 g/mol. The highest BCUT2D eigenvalue weighted by atomic mass is 35.5. The Balaban J connectivity index is 1.83. The standard InChI is InChI=1S/C15H19ClN2OS2/c1-3-18-11(15(16)9(2)17-18)7-12(19)14-6-10-8-20-5-4-13(10)21-14/h6,12,19H,3-5,7-8H2,1-2H3. The number of aliphatic hydroxyl groups excluding tert-OH is 1. The zero-order valence-corrected chi connectivity index (χ0v) is 14.6. The van der Waals surface area contributed by atoms with Gasteiger partial charge in [-0.3, -0.25) is 4.68 Å². The first kappa shape index (κ1) is 15.4. The molecule has 1 aliphatic rings. The molecule has 1 aliphatic heterocycles. The Morgan fingerprint density at radius 1 is 1.52 bits per heavy atom. The lowest BCUT2D eigenvalue weighted by molar-refractivity contribution is 0.179. The van der Waals surface area contributed by atoms with E-state index >= 15 is 0 Å². The van der Waals surface area contributed by atoms with Crippen LogP contribution in [0.15, 0.2) is 6.07 Å². The maximum absolute atomic E-state index is 10.6. The van der Waals surface area contributed by atoms with E-state index in [4.69, 9.17) is 11.6 Å². The Morgan fingerprint density at radius 3 is 3.05 bits per heavy atom. The summed E-state index contributed by atoms with van der Waals surface area (Å²) >= 11 is 10.1. The fourth-order valence-corrected chi connectivity index (χ4v) is 5.26. The lowest BCUT2D eigenvalue weighted by atomic mass is 10.1. The van der Waals surface area contributed by atoms with Crippen LogP contribution in [-0.2, 0) is 25.1 Å². The van der Waals surface area contributed by atoms with Crippen LogP contribution in [0.2, 0.25) is 5.02 Å². The third kappa shape index (κ3) is 3.02. The fourth-order valence-electron chi connectivity index (χ4n) is 2.68. The minimum atomic E-state index is -0.496. The van der Waals surface area contributed by atoms with Gasteiger partial charge in [-0.15, -0.1) is 11.3 Å². The summed E-state index contributed by atoms with van der Waals surface area (Å²) in [5, 5.41) is 15.7. The number of rotatable bonds is 4. The molecule has 0 spiro atoms. The van der Waals surface area contributed by atoms with Crippen molar-refractivity contribution >= 4 is 34.7 Å². The maximum atomic E-state index is 10.6.